The van der Waals surface area contributed by atoms with Crippen LogP contribution >= 0.6 is 11.8 Å². The Hall–Kier alpha value is -1.73. The van der Waals surface area contributed by atoms with Gasteiger partial charge < -0.3 is 40.2 Å². The summed E-state index contributed by atoms with van der Waals surface area (Å²) in [5, 5.41) is 37.1. The van der Waals surface area contributed by atoms with Crippen molar-refractivity contribution in [3.05, 3.63) is 29.8 Å². The van der Waals surface area contributed by atoms with Gasteiger partial charge in [-0.3, -0.25) is 9.59 Å². The van der Waals surface area contributed by atoms with Crippen LogP contribution < -0.4 is 10.6 Å². The molecule has 2 bridgehead atoms. The molecular formula is C25H38N2O8S. The van der Waals surface area contributed by atoms with Gasteiger partial charge in [-0.2, -0.15) is 0 Å². The van der Waals surface area contributed by atoms with Gasteiger partial charge in [0.2, 0.25) is 5.72 Å². The van der Waals surface area contributed by atoms with Gasteiger partial charge in [-0.1, -0.05) is 12.1 Å². The lowest BCUT2D eigenvalue weighted by Crippen LogP contribution is -2.84. The highest BCUT2D eigenvalue weighted by molar-refractivity contribution is 7.99. The summed E-state index contributed by atoms with van der Waals surface area (Å²) in [5.41, 5.74) is -5.02. The molecule has 5 atom stereocenters. The zero-order chi connectivity index (χ0) is 26.7. The van der Waals surface area contributed by atoms with Gasteiger partial charge in [0.1, 0.15) is 11.7 Å². The van der Waals surface area contributed by atoms with E-state index in [1.165, 1.54) is 11.8 Å². The Bertz CT molecular complexity index is 946. The standard InChI is InChI=1S/C25H38N2O8S/c1-15(2)33-14-23(5,35-16(3)4)20(29)25-22(31)26-24(32,21(30)27-25)18(9-10-34-25)13-36-19-8-6-7-17(11-19)12-28/h6-8,11,15-16,18,20,28-29,32H,9-10,12-14H2,1-5H3,(H,26,31)(H,27,30)/t18?,20-,23-,24+,25-/m0/s1. The van der Waals surface area contributed by atoms with Crippen LogP contribution in [0.5, 0.6) is 0 Å². The van der Waals surface area contributed by atoms with Crippen LogP contribution in [0.25, 0.3) is 0 Å². The third-order valence-electron chi connectivity index (χ3n) is 6.38. The van der Waals surface area contributed by atoms with Gasteiger partial charge in [0.05, 0.1) is 32.0 Å². The van der Waals surface area contributed by atoms with E-state index in [9.17, 15) is 24.9 Å². The smallest absolute Gasteiger partial charge is 0.278 e. The summed E-state index contributed by atoms with van der Waals surface area (Å²) in [5.74, 6) is -2.11. The zero-order valence-corrected chi connectivity index (χ0v) is 22.3. The number of amides is 2. The third-order valence-corrected chi connectivity index (χ3v) is 7.53. The summed E-state index contributed by atoms with van der Waals surface area (Å²) in [6.45, 7) is 8.67. The molecule has 36 heavy (non-hydrogen) atoms. The van der Waals surface area contributed by atoms with Gasteiger partial charge in [0.25, 0.3) is 17.5 Å². The molecule has 0 saturated carbocycles. The number of benzene rings is 1. The molecule has 5 N–H and O–H groups in total. The van der Waals surface area contributed by atoms with E-state index in [2.05, 4.69) is 10.6 Å². The molecule has 202 valence electrons. The minimum atomic E-state index is -2.19. The van der Waals surface area contributed by atoms with E-state index in [1.807, 2.05) is 32.0 Å². The van der Waals surface area contributed by atoms with Gasteiger partial charge in [-0.15, -0.1) is 11.8 Å². The van der Waals surface area contributed by atoms with E-state index in [4.69, 9.17) is 14.2 Å². The van der Waals surface area contributed by atoms with E-state index in [0.717, 1.165) is 10.5 Å². The van der Waals surface area contributed by atoms with Gasteiger partial charge in [0.15, 0.2) is 0 Å². The Balaban J connectivity index is 1.84. The van der Waals surface area contributed by atoms with Crippen molar-refractivity contribution in [3.63, 3.8) is 0 Å². The fourth-order valence-electron chi connectivity index (χ4n) is 4.49. The molecule has 0 aromatic heterocycles. The van der Waals surface area contributed by atoms with Crippen molar-refractivity contribution in [3.8, 4) is 0 Å². The first-order valence-corrected chi connectivity index (χ1v) is 13.2. The molecule has 3 saturated heterocycles. The van der Waals surface area contributed by atoms with E-state index < -0.39 is 40.9 Å². The summed E-state index contributed by atoms with van der Waals surface area (Å²) >= 11 is 1.39. The van der Waals surface area contributed by atoms with Crippen molar-refractivity contribution in [2.24, 2.45) is 5.92 Å². The van der Waals surface area contributed by atoms with Crippen LogP contribution in [0.2, 0.25) is 0 Å². The molecule has 3 heterocycles. The molecule has 1 unspecified atom stereocenters. The van der Waals surface area contributed by atoms with E-state index in [-0.39, 0.29) is 38.4 Å². The van der Waals surface area contributed by atoms with Gasteiger partial charge in [-0.25, -0.2) is 0 Å². The highest BCUT2D eigenvalue weighted by Gasteiger charge is 2.65. The Kier molecular flexibility index (Phi) is 9.08. The van der Waals surface area contributed by atoms with Gasteiger partial charge >= 0.3 is 0 Å². The van der Waals surface area contributed by atoms with Crippen LogP contribution in [0.4, 0.5) is 0 Å². The average molecular weight is 527 g/mol. The molecule has 3 aliphatic heterocycles. The van der Waals surface area contributed by atoms with E-state index in [1.54, 1.807) is 26.8 Å². The first-order chi connectivity index (χ1) is 16.9. The number of rotatable bonds is 11. The first kappa shape index (κ1) is 28.8. The van der Waals surface area contributed by atoms with Crippen molar-refractivity contribution in [2.75, 3.05) is 19.0 Å². The second-order valence-electron chi connectivity index (χ2n) is 10.1. The van der Waals surface area contributed by atoms with Crippen LogP contribution in [0.1, 0.15) is 46.6 Å². The van der Waals surface area contributed by atoms with Crippen molar-refractivity contribution >= 4 is 23.6 Å². The highest BCUT2D eigenvalue weighted by atomic mass is 32.2. The van der Waals surface area contributed by atoms with E-state index in [0.29, 0.717) is 5.75 Å². The number of fused-ring (bicyclic) bond motifs is 5. The number of hydrogen-bond acceptors (Lipinski definition) is 9. The molecule has 3 fully saturated rings. The normalized spacial score (nSPS) is 28.9. The molecule has 1 aromatic carbocycles. The predicted octanol–water partition coefficient (Wildman–Crippen LogP) is 0.908. The number of thioether (sulfide) groups is 1. The number of carbonyl (C=O) groups is 2. The Morgan fingerprint density at radius 1 is 1.19 bits per heavy atom. The van der Waals surface area contributed by atoms with Crippen LogP contribution in [-0.2, 0) is 30.4 Å². The summed E-state index contributed by atoms with van der Waals surface area (Å²) in [7, 11) is 0. The Morgan fingerprint density at radius 2 is 1.92 bits per heavy atom. The maximum atomic E-state index is 13.4. The van der Waals surface area contributed by atoms with E-state index >= 15 is 0 Å². The topological polar surface area (TPSA) is 147 Å². The van der Waals surface area contributed by atoms with Gasteiger partial charge in [-0.05, 0) is 58.7 Å². The first-order valence-electron chi connectivity index (χ1n) is 12.2. The number of hydrogen-bond donors (Lipinski definition) is 5. The SMILES string of the molecule is CC(C)OC[C@](C)(OC(C)C)[C@H](O)[C@@]12NC(=O)[C@@](O)(NC1=O)C(CSc1cccc(CO)c1)CCO2. The number of ether oxygens (including phenoxy) is 3. The van der Waals surface area contributed by atoms with Gasteiger partial charge in [0, 0.05) is 16.6 Å². The minimum absolute atomic E-state index is 0.00221. The molecule has 10 nitrogen and oxygen atoms in total. The molecule has 3 aliphatic rings. The predicted molar refractivity (Wildman–Crippen MR) is 133 cm³/mol. The zero-order valence-electron chi connectivity index (χ0n) is 21.4. The number of aliphatic hydroxyl groups is 3. The third kappa shape index (κ3) is 5.88. The number of aliphatic hydroxyl groups excluding tert-OH is 2. The monoisotopic (exact) mass is 526 g/mol. The molecule has 4 rings (SSSR count). The minimum Gasteiger partial charge on any atom is -0.392 e. The molecule has 2 amide bonds. The lowest BCUT2D eigenvalue weighted by molar-refractivity contribution is -0.256. The summed E-state index contributed by atoms with van der Waals surface area (Å²) < 4.78 is 17.6. The molecular weight excluding hydrogens is 488 g/mol. The Morgan fingerprint density at radius 3 is 2.56 bits per heavy atom. The van der Waals surface area contributed by atoms with Crippen LogP contribution in [0, 0.1) is 5.92 Å². The lowest BCUT2D eigenvalue weighted by Gasteiger charge is -2.52. The maximum absolute atomic E-state index is 13.4. The van der Waals surface area contributed by atoms with Crippen LogP contribution in [-0.4, -0.2) is 81.5 Å². The van der Waals surface area contributed by atoms with Crippen molar-refractivity contribution < 1.29 is 39.1 Å². The van der Waals surface area contributed by atoms with Crippen molar-refractivity contribution in [1.29, 1.82) is 0 Å². The largest absolute Gasteiger partial charge is 0.392 e. The Labute approximate surface area is 216 Å². The molecule has 11 heteroatoms. The second-order valence-corrected chi connectivity index (χ2v) is 11.2. The number of carbonyl (C=O) groups excluding carboxylic acids is 2. The quantitative estimate of drug-likeness (QED) is 0.266. The summed E-state index contributed by atoms with van der Waals surface area (Å²) in [4.78, 5) is 27.5. The second kappa shape index (κ2) is 11.3. The van der Waals surface area contributed by atoms with Crippen molar-refractivity contribution in [2.45, 2.75) is 87.9 Å². The van der Waals surface area contributed by atoms with Crippen LogP contribution in [0.3, 0.4) is 0 Å². The molecule has 0 radical (unpaired) electrons. The average Bonchev–Trinajstić information content (AvgIpc) is 2.81. The molecule has 1 aromatic rings. The summed E-state index contributed by atoms with van der Waals surface area (Å²) in [6.07, 6.45) is -1.89. The molecule has 0 spiro atoms. The fraction of sp³-hybridized carbons (Fsp3) is 0.680. The summed E-state index contributed by atoms with van der Waals surface area (Å²) in [6, 6.07) is 7.30. The molecule has 0 aliphatic carbocycles. The number of nitrogens with one attached hydrogen (secondary N) is 2. The fourth-order valence-corrected chi connectivity index (χ4v) is 5.70. The van der Waals surface area contributed by atoms with Crippen molar-refractivity contribution in [1.82, 2.24) is 10.6 Å². The van der Waals surface area contributed by atoms with Crippen LogP contribution in [0.15, 0.2) is 29.2 Å². The lowest BCUT2D eigenvalue weighted by atomic mass is 9.83. The number of piperazine rings is 1. The highest BCUT2D eigenvalue weighted by Crippen LogP contribution is 2.38. The maximum Gasteiger partial charge on any atom is 0.278 e.